The molecule has 2 rings (SSSR count). The summed E-state index contributed by atoms with van der Waals surface area (Å²) in [5.74, 6) is -0.304. The van der Waals surface area contributed by atoms with Gasteiger partial charge in [0.25, 0.3) is 5.91 Å². The van der Waals surface area contributed by atoms with Crippen LogP contribution in [0.15, 0.2) is 38.3 Å². The van der Waals surface area contributed by atoms with Crippen molar-refractivity contribution in [1.29, 1.82) is 0 Å². The largest absolute Gasteiger partial charge is 0.322 e. The first-order valence-electron chi connectivity index (χ1n) is 5.47. The predicted octanol–water partition coefficient (Wildman–Crippen LogP) is 2.72. The number of benzene rings is 1. The van der Waals surface area contributed by atoms with Gasteiger partial charge in [-0.2, -0.15) is 0 Å². The van der Waals surface area contributed by atoms with E-state index in [0.717, 1.165) is 3.79 Å². The van der Waals surface area contributed by atoms with E-state index in [4.69, 9.17) is 5.14 Å². The average Bonchev–Trinajstić information content (AvgIpc) is 2.77. The Morgan fingerprint density at radius 3 is 2.65 bits per heavy atom. The number of carbonyl (C=O) groups is 1. The average molecular weight is 375 g/mol. The minimum absolute atomic E-state index is 0.00167. The highest BCUT2D eigenvalue weighted by Crippen LogP contribution is 2.24. The number of halogens is 1. The van der Waals surface area contributed by atoms with Crippen molar-refractivity contribution in [3.8, 4) is 0 Å². The summed E-state index contributed by atoms with van der Waals surface area (Å²) in [6.45, 7) is 1.60. The van der Waals surface area contributed by atoms with Crippen molar-refractivity contribution in [3.05, 3.63) is 44.6 Å². The Labute approximate surface area is 129 Å². The highest BCUT2D eigenvalue weighted by Gasteiger charge is 2.16. The molecule has 2 aromatic rings. The fraction of sp³-hybridized carbons (Fsp3) is 0.0833. The van der Waals surface area contributed by atoms with Gasteiger partial charge < -0.3 is 5.32 Å². The molecule has 0 fully saturated rings. The monoisotopic (exact) mass is 374 g/mol. The van der Waals surface area contributed by atoms with E-state index in [1.807, 2.05) is 0 Å². The molecule has 1 aromatic carbocycles. The summed E-state index contributed by atoms with van der Waals surface area (Å²) in [7, 11) is -3.81. The highest BCUT2D eigenvalue weighted by molar-refractivity contribution is 9.11. The summed E-state index contributed by atoms with van der Waals surface area (Å²) in [5.41, 5.74) is 1.34. The quantitative estimate of drug-likeness (QED) is 0.865. The number of sulfonamides is 1. The zero-order valence-electron chi connectivity index (χ0n) is 10.4. The van der Waals surface area contributed by atoms with Crippen LogP contribution in [0.3, 0.4) is 0 Å². The summed E-state index contributed by atoms with van der Waals surface area (Å²) >= 11 is 4.68. The van der Waals surface area contributed by atoms with Crippen LogP contribution in [0, 0.1) is 6.92 Å². The van der Waals surface area contributed by atoms with Crippen molar-refractivity contribution in [2.45, 2.75) is 11.8 Å². The number of rotatable bonds is 3. The lowest BCUT2D eigenvalue weighted by molar-refractivity contribution is 0.102. The fourth-order valence-electron chi connectivity index (χ4n) is 1.68. The smallest absolute Gasteiger partial charge is 0.256 e. The van der Waals surface area contributed by atoms with E-state index in [1.54, 1.807) is 24.4 Å². The van der Waals surface area contributed by atoms with Gasteiger partial charge in [0.05, 0.1) is 14.2 Å². The standard InChI is InChI=1S/C12H11BrN2O3S2/c1-7-9(3-2-4-10(7)20(14,17)18)15-12(16)8-5-11(13)19-6-8/h2-6H,1H3,(H,15,16)(H2,14,17,18). The number of nitrogens with one attached hydrogen (secondary N) is 1. The Morgan fingerprint density at radius 1 is 1.40 bits per heavy atom. The number of nitrogens with two attached hydrogens (primary N) is 1. The van der Waals surface area contributed by atoms with E-state index in [9.17, 15) is 13.2 Å². The molecule has 0 aliphatic rings. The van der Waals surface area contributed by atoms with Crippen LogP contribution >= 0.6 is 27.3 Å². The summed E-state index contributed by atoms with van der Waals surface area (Å²) in [6, 6.07) is 6.26. The molecule has 1 amide bonds. The fourth-order valence-corrected chi connectivity index (χ4v) is 3.62. The van der Waals surface area contributed by atoms with Gasteiger partial charge in [-0.05, 0) is 46.6 Å². The van der Waals surface area contributed by atoms with Crippen molar-refractivity contribution in [3.63, 3.8) is 0 Å². The van der Waals surface area contributed by atoms with Crippen molar-refractivity contribution < 1.29 is 13.2 Å². The number of primary sulfonamides is 1. The molecule has 0 atom stereocenters. The Morgan fingerprint density at radius 2 is 2.10 bits per heavy atom. The Hall–Kier alpha value is -1.22. The SMILES string of the molecule is Cc1c(NC(=O)c2csc(Br)c2)cccc1S(N)(=O)=O. The summed E-state index contributed by atoms with van der Waals surface area (Å²) in [4.78, 5) is 12.0. The first-order valence-corrected chi connectivity index (χ1v) is 8.69. The second kappa shape index (κ2) is 5.65. The minimum atomic E-state index is -3.81. The van der Waals surface area contributed by atoms with Crippen LogP contribution in [0.4, 0.5) is 5.69 Å². The highest BCUT2D eigenvalue weighted by atomic mass is 79.9. The molecule has 0 saturated heterocycles. The number of amides is 1. The number of anilines is 1. The third-order valence-corrected chi connectivity index (χ3v) is 5.23. The van der Waals surface area contributed by atoms with E-state index in [0.29, 0.717) is 16.8 Å². The second-order valence-corrected chi connectivity index (χ2v) is 7.89. The van der Waals surface area contributed by atoms with Gasteiger partial charge in [0.1, 0.15) is 0 Å². The summed E-state index contributed by atoms with van der Waals surface area (Å²) in [5, 5.41) is 9.51. The topological polar surface area (TPSA) is 89.3 Å². The zero-order chi connectivity index (χ0) is 14.9. The van der Waals surface area contributed by atoms with Crippen molar-refractivity contribution in [1.82, 2.24) is 0 Å². The Balaban J connectivity index is 2.33. The number of hydrogen-bond donors (Lipinski definition) is 2. The molecule has 0 unspecified atom stereocenters. The molecule has 0 saturated carbocycles. The summed E-state index contributed by atoms with van der Waals surface area (Å²) in [6.07, 6.45) is 0. The van der Waals surface area contributed by atoms with Gasteiger partial charge in [0.15, 0.2) is 0 Å². The Bertz CT molecular complexity index is 769. The maximum absolute atomic E-state index is 12.0. The number of hydrogen-bond acceptors (Lipinski definition) is 4. The van der Waals surface area contributed by atoms with Crippen molar-refractivity contribution in [2.75, 3.05) is 5.32 Å². The van der Waals surface area contributed by atoms with Gasteiger partial charge in [0.2, 0.25) is 10.0 Å². The molecule has 0 bridgehead atoms. The molecule has 1 heterocycles. The molecule has 8 heteroatoms. The molecule has 20 heavy (non-hydrogen) atoms. The van der Waals surface area contributed by atoms with Gasteiger partial charge in [-0.1, -0.05) is 6.07 Å². The lowest BCUT2D eigenvalue weighted by Gasteiger charge is -2.10. The van der Waals surface area contributed by atoms with Crippen molar-refractivity contribution >= 4 is 48.9 Å². The van der Waals surface area contributed by atoms with Crippen LogP contribution < -0.4 is 10.5 Å². The van der Waals surface area contributed by atoms with E-state index in [1.165, 1.54) is 23.5 Å². The van der Waals surface area contributed by atoms with Crippen LogP contribution in [0.1, 0.15) is 15.9 Å². The first kappa shape index (κ1) is 15.2. The Kier molecular flexibility index (Phi) is 4.28. The van der Waals surface area contributed by atoms with E-state index < -0.39 is 10.0 Å². The van der Waals surface area contributed by atoms with Crippen LogP contribution in [0.5, 0.6) is 0 Å². The third kappa shape index (κ3) is 3.26. The normalized spacial score (nSPS) is 11.3. The second-order valence-electron chi connectivity index (χ2n) is 4.07. The van der Waals surface area contributed by atoms with Gasteiger partial charge in [-0.3, -0.25) is 4.79 Å². The third-order valence-electron chi connectivity index (χ3n) is 2.67. The van der Waals surface area contributed by atoms with Crippen LogP contribution in [0.2, 0.25) is 0 Å². The maximum atomic E-state index is 12.0. The van der Waals surface area contributed by atoms with E-state index in [2.05, 4.69) is 21.2 Å². The van der Waals surface area contributed by atoms with Crippen LogP contribution in [-0.2, 0) is 10.0 Å². The van der Waals surface area contributed by atoms with Crippen LogP contribution in [0.25, 0.3) is 0 Å². The molecule has 106 valence electrons. The van der Waals surface area contributed by atoms with Gasteiger partial charge in [0, 0.05) is 11.1 Å². The lowest BCUT2D eigenvalue weighted by atomic mass is 10.2. The molecule has 1 aromatic heterocycles. The molecular formula is C12H11BrN2O3S2. The number of carbonyl (C=O) groups excluding carboxylic acids is 1. The molecule has 0 aliphatic heterocycles. The molecule has 0 aliphatic carbocycles. The summed E-state index contributed by atoms with van der Waals surface area (Å²) < 4.78 is 23.7. The van der Waals surface area contributed by atoms with E-state index in [-0.39, 0.29) is 10.8 Å². The first-order chi connectivity index (χ1) is 9.29. The van der Waals surface area contributed by atoms with Crippen LogP contribution in [-0.4, -0.2) is 14.3 Å². The molecule has 3 N–H and O–H groups in total. The van der Waals surface area contributed by atoms with Crippen molar-refractivity contribution in [2.24, 2.45) is 5.14 Å². The van der Waals surface area contributed by atoms with Gasteiger partial charge in [-0.25, -0.2) is 13.6 Å². The molecule has 5 nitrogen and oxygen atoms in total. The molecular weight excluding hydrogens is 364 g/mol. The minimum Gasteiger partial charge on any atom is -0.322 e. The molecule has 0 radical (unpaired) electrons. The molecule has 0 spiro atoms. The predicted molar refractivity (Wildman–Crippen MR) is 82.5 cm³/mol. The number of thiophene rings is 1. The van der Waals surface area contributed by atoms with Gasteiger partial charge >= 0.3 is 0 Å². The maximum Gasteiger partial charge on any atom is 0.256 e. The lowest BCUT2D eigenvalue weighted by Crippen LogP contribution is -2.16. The van der Waals surface area contributed by atoms with Gasteiger partial charge in [-0.15, -0.1) is 11.3 Å². The van der Waals surface area contributed by atoms with E-state index >= 15 is 0 Å². The zero-order valence-corrected chi connectivity index (χ0v) is 13.6.